The van der Waals surface area contributed by atoms with Crippen molar-refractivity contribution >= 4 is 11.9 Å². The fourth-order valence-corrected chi connectivity index (χ4v) is 3.91. The molecule has 2 aliphatic heterocycles. The third kappa shape index (κ3) is 4.27. The molecule has 0 saturated carbocycles. The van der Waals surface area contributed by atoms with Crippen LogP contribution in [0.5, 0.6) is 0 Å². The second-order valence-electron chi connectivity index (χ2n) is 7.23. The third-order valence-corrected chi connectivity index (χ3v) is 5.38. The van der Waals surface area contributed by atoms with Crippen molar-refractivity contribution in [1.29, 1.82) is 0 Å². The number of methoxy groups -OCH3 is 1. The highest BCUT2D eigenvalue weighted by atomic mass is 16.5. The third-order valence-electron chi connectivity index (χ3n) is 5.38. The summed E-state index contributed by atoms with van der Waals surface area (Å²) < 4.78 is 5.13. The van der Waals surface area contributed by atoms with Crippen molar-refractivity contribution in [2.24, 2.45) is 5.41 Å². The number of nitrogens with zero attached hydrogens (tertiary/aromatic N) is 4. The first kappa shape index (κ1) is 18.1. The van der Waals surface area contributed by atoms with E-state index in [9.17, 15) is 9.90 Å². The Balaban J connectivity index is 1.62. The van der Waals surface area contributed by atoms with E-state index in [2.05, 4.69) is 19.8 Å². The number of hydrogen-bond acceptors (Lipinski definition) is 6. The maximum Gasteiger partial charge on any atom is 0.311 e. The van der Waals surface area contributed by atoms with E-state index in [1.165, 1.54) is 12.8 Å². The molecule has 2 aliphatic rings. The molecule has 0 bridgehead atoms. The predicted octanol–water partition coefficient (Wildman–Crippen LogP) is 1.78. The van der Waals surface area contributed by atoms with Crippen LogP contribution < -0.4 is 4.90 Å². The van der Waals surface area contributed by atoms with Gasteiger partial charge >= 0.3 is 5.97 Å². The summed E-state index contributed by atoms with van der Waals surface area (Å²) in [5.74, 6) is 0.0924. The van der Waals surface area contributed by atoms with E-state index in [1.807, 2.05) is 12.4 Å². The van der Waals surface area contributed by atoms with Crippen LogP contribution in [0.2, 0.25) is 0 Å². The molecule has 7 nitrogen and oxygen atoms in total. The van der Waals surface area contributed by atoms with E-state index >= 15 is 0 Å². The Morgan fingerprint density at radius 2 is 1.96 bits per heavy atom. The number of piperidine rings is 1. The van der Waals surface area contributed by atoms with Crippen molar-refractivity contribution in [1.82, 2.24) is 14.9 Å². The van der Waals surface area contributed by atoms with Crippen molar-refractivity contribution in [2.45, 2.75) is 38.6 Å². The van der Waals surface area contributed by atoms with Gasteiger partial charge in [0.2, 0.25) is 5.95 Å². The van der Waals surface area contributed by atoms with Crippen LogP contribution in [0.25, 0.3) is 0 Å². The Bertz CT molecular complexity index is 574. The van der Waals surface area contributed by atoms with Crippen molar-refractivity contribution in [3.63, 3.8) is 0 Å². The molecule has 2 fully saturated rings. The molecule has 1 unspecified atom stereocenters. The first-order valence-corrected chi connectivity index (χ1v) is 9.13. The Morgan fingerprint density at radius 1 is 1.24 bits per heavy atom. The summed E-state index contributed by atoms with van der Waals surface area (Å²) in [5, 5.41) is 9.74. The van der Waals surface area contributed by atoms with E-state index in [1.54, 1.807) is 7.11 Å². The molecular formula is C18H28N4O3. The van der Waals surface area contributed by atoms with Gasteiger partial charge in [0.05, 0.1) is 5.41 Å². The molecular weight excluding hydrogens is 320 g/mol. The fraction of sp³-hybridized carbons (Fsp3) is 0.722. The Morgan fingerprint density at radius 3 is 2.60 bits per heavy atom. The SMILES string of the molecule is COCCC1(C(=O)O)CCCN(Cc2cnc(N3CCCC3)nc2)C1. The first-order chi connectivity index (χ1) is 12.1. The number of rotatable bonds is 7. The average molecular weight is 348 g/mol. The number of anilines is 1. The molecule has 7 heteroatoms. The topological polar surface area (TPSA) is 78.8 Å². The van der Waals surface area contributed by atoms with Gasteiger partial charge in [0.1, 0.15) is 0 Å². The average Bonchev–Trinajstić information content (AvgIpc) is 3.15. The van der Waals surface area contributed by atoms with Gasteiger partial charge in [-0.25, -0.2) is 9.97 Å². The van der Waals surface area contributed by atoms with Gasteiger partial charge in [-0.2, -0.15) is 0 Å². The Hall–Kier alpha value is -1.73. The Kier molecular flexibility index (Phi) is 5.86. The fourth-order valence-electron chi connectivity index (χ4n) is 3.91. The van der Waals surface area contributed by atoms with Gasteiger partial charge in [0.15, 0.2) is 0 Å². The summed E-state index contributed by atoms with van der Waals surface area (Å²) in [6.45, 7) is 4.71. The van der Waals surface area contributed by atoms with Gasteiger partial charge in [0.25, 0.3) is 0 Å². The molecule has 3 rings (SSSR count). The first-order valence-electron chi connectivity index (χ1n) is 9.13. The van der Waals surface area contributed by atoms with Crippen molar-refractivity contribution < 1.29 is 14.6 Å². The summed E-state index contributed by atoms with van der Waals surface area (Å²) in [7, 11) is 1.62. The van der Waals surface area contributed by atoms with Crippen LogP contribution in [0.3, 0.4) is 0 Å². The minimum absolute atomic E-state index is 0.480. The number of carboxylic acid groups (broad SMARTS) is 1. The molecule has 138 valence electrons. The minimum Gasteiger partial charge on any atom is -0.481 e. The molecule has 0 spiro atoms. The van der Waals surface area contributed by atoms with E-state index in [-0.39, 0.29) is 0 Å². The largest absolute Gasteiger partial charge is 0.481 e. The summed E-state index contributed by atoms with van der Waals surface area (Å²) >= 11 is 0. The van der Waals surface area contributed by atoms with Gasteiger partial charge in [-0.1, -0.05) is 0 Å². The molecule has 1 N–H and O–H groups in total. The molecule has 0 aromatic carbocycles. The monoisotopic (exact) mass is 348 g/mol. The van der Waals surface area contributed by atoms with E-state index in [0.29, 0.717) is 32.5 Å². The highest BCUT2D eigenvalue weighted by molar-refractivity contribution is 5.75. The zero-order chi connectivity index (χ0) is 17.7. The number of aromatic nitrogens is 2. The summed E-state index contributed by atoms with van der Waals surface area (Å²) in [5.41, 5.74) is 0.334. The maximum atomic E-state index is 11.9. The number of hydrogen-bond donors (Lipinski definition) is 1. The van der Waals surface area contributed by atoms with Crippen LogP contribution in [0.4, 0.5) is 5.95 Å². The van der Waals surface area contributed by atoms with Gasteiger partial charge in [-0.05, 0) is 38.6 Å². The Labute approximate surface area is 149 Å². The summed E-state index contributed by atoms with van der Waals surface area (Å²) in [6.07, 6.45) is 8.34. The zero-order valence-corrected chi connectivity index (χ0v) is 15.0. The van der Waals surface area contributed by atoms with E-state index < -0.39 is 11.4 Å². The predicted molar refractivity (Wildman–Crippen MR) is 94.6 cm³/mol. The normalized spacial score (nSPS) is 24.6. The van der Waals surface area contributed by atoms with E-state index in [4.69, 9.17) is 4.74 Å². The van der Waals surface area contributed by atoms with Crippen molar-refractivity contribution in [3.8, 4) is 0 Å². The minimum atomic E-state index is -0.713. The molecule has 1 aromatic rings. The number of carboxylic acids is 1. The molecule has 0 amide bonds. The standard InChI is InChI=1S/C18H28N4O3/c1-25-10-6-18(16(23)24)5-4-7-21(14-18)13-15-11-19-17(20-12-15)22-8-2-3-9-22/h11-12H,2-10,13-14H2,1H3,(H,23,24). The lowest BCUT2D eigenvalue weighted by molar-refractivity contribution is -0.154. The van der Waals surface area contributed by atoms with Crippen molar-refractivity contribution in [2.75, 3.05) is 44.8 Å². The summed E-state index contributed by atoms with van der Waals surface area (Å²) in [4.78, 5) is 25.3. The van der Waals surface area contributed by atoms with Gasteiger partial charge < -0.3 is 14.7 Å². The lowest BCUT2D eigenvalue weighted by Crippen LogP contribution is -2.48. The van der Waals surface area contributed by atoms with E-state index in [0.717, 1.165) is 37.6 Å². The number of ether oxygens (including phenoxy) is 1. The van der Waals surface area contributed by atoms with Crippen LogP contribution in [-0.2, 0) is 16.1 Å². The van der Waals surface area contributed by atoms with Crippen molar-refractivity contribution in [3.05, 3.63) is 18.0 Å². The number of aliphatic carboxylic acids is 1. The molecule has 0 aliphatic carbocycles. The van der Waals surface area contributed by atoms with Gasteiger partial charge in [0, 0.05) is 57.9 Å². The quantitative estimate of drug-likeness (QED) is 0.804. The van der Waals surface area contributed by atoms with Crippen LogP contribution in [0.1, 0.15) is 37.7 Å². The second-order valence-corrected chi connectivity index (χ2v) is 7.23. The lowest BCUT2D eigenvalue weighted by atomic mass is 9.77. The highest BCUT2D eigenvalue weighted by Crippen LogP contribution is 2.34. The van der Waals surface area contributed by atoms with Gasteiger partial charge in [-0.15, -0.1) is 0 Å². The molecule has 1 aromatic heterocycles. The molecule has 3 heterocycles. The van der Waals surface area contributed by atoms with Crippen LogP contribution in [0, 0.1) is 5.41 Å². The van der Waals surface area contributed by atoms with Gasteiger partial charge in [-0.3, -0.25) is 9.69 Å². The maximum absolute atomic E-state index is 11.9. The summed E-state index contributed by atoms with van der Waals surface area (Å²) in [6, 6.07) is 0. The molecule has 2 saturated heterocycles. The van der Waals surface area contributed by atoms with Crippen LogP contribution >= 0.6 is 0 Å². The molecule has 1 atom stereocenters. The van der Waals surface area contributed by atoms with Crippen LogP contribution in [-0.4, -0.2) is 65.8 Å². The zero-order valence-electron chi connectivity index (χ0n) is 15.0. The molecule has 0 radical (unpaired) electrons. The lowest BCUT2D eigenvalue weighted by Gasteiger charge is -2.39. The second kappa shape index (κ2) is 8.10. The number of likely N-dealkylation sites (tertiary alicyclic amines) is 1. The number of carbonyl (C=O) groups is 1. The highest BCUT2D eigenvalue weighted by Gasteiger charge is 2.41. The van der Waals surface area contributed by atoms with Crippen LogP contribution in [0.15, 0.2) is 12.4 Å². The molecule has 25 heavy (non-hydrogen) atoms. The smallest absolute Gasteiger partial charge is 0.311 e.